The number of nitrogens with one attached hydrogen (secondary N) is 1. The molecule has 124 valence electrons. The van der Waals surface area contributed by atoms with Gasteiger partial charge < -0.3 is 15.3 Å². The monoisotopic (exact) mass is 333 g/mol. The first kappa shape index (κ1) is 16.1. The quantitative estimate of drug-likeness (QED) is 0.876. The fourth-order valence-corrected chi connectivity index (χ4v) is 3.65. The molecule has 1 aliphatic heterocycles. The number of anilines is 2. The first-order valence-electron chi connectivity index (χ1n) is 8.02. The van der Waals surface area contributed by atoms with Gasteiger partial charge in [0, 0.05) is 36.8 Å². The zero-order chi connectivity index (χ0) is 16.2. The van der Waals surface area contributed by atoms with Gasteiger partial charge in [0.25, 0.3) is 0 Å². The SMILES string of the molecule is Cc1cnc(C(C)Nc2cc(N3CCCC(CO)C3)ncn2)s1. The Kier molecular flexibility index (Phi) is 5.07. The van der Waals surface area contributed by atoms with Gasteiger partial charge in [-0.05, 0) is 32.6 Å². The van der Waals surface area contributed by atoms with E-state index in [1.165, 1.54) is 4.88 Å². The molecule has 0 saturated carbocycles. The molecule has 0 spiro atoms. The van der Waals surface area contributed by atoms with Crippen molar-refractivity contribution in [3.8, 4) is 0 Å². The predicted molar refractivity (Wildman–Crippen MR) is 92.9 cm³/mol. The van der Waals surface area contributed by atoms with Crippen LogP contribution in [0.3, 0.4) is 0 Å². The lowest BCUT2D eigenvalue weighted by Gasteiger charge is -2.32. The molecule has 1 saturated heterocycles. The van der Waals surface area contributed by atoms with Crippen molar-refractivity contribution >= 4 is 23.0 Å². The summed E-state index contributed by atoms with van der Waals surface area (Å²) in [4.78, 5) is 16.6. The van der Waals surface area contributed by atoms with E-state index in [1.54, 1.807) is 17.7 Å². The lowest BCUT2D eigenvalue weighted by molar-refractivity contribution is 0.208. The normalized spacial score (nSPS) is 19.6. The van der Waals surface area contributed by atoms with E-state index in [1.807, 2.05) is 12.3 Å². The lowest BCUT2D eigenvalue weighted by atomic mass is 9.99. The van der Waals surface area contributed by atoms with E-state index in [2.05, 4.69) is 39.0 Å². The van der Waals surface area contributed by atoms with Crippen molar-refractivity contribution in [1.82, 2.24) is 15.0 Å². The third-order valence-electron chi connectivity index (χ3n) is 4.13. The number of hydrogen-bond donors (Lipinski definition) is 2. The molecule has 0 radical (unpaired) electrons. The molecule has 0 amide bonds. The second-order valence-corrected chi connectivity index (χ2v) is 7.34. The largest absolute Gasteiger partial charge is 0.396 e. The minimum absolute atomic E-state index is 0.114. The maximum atomic E-state index is 9.38. The molecule has 2 atom stereocenters. The van der Waals surface area contributed by atoms with Crippen molar-refractivity contribution in [2.75, 3.05) is 29.9 Å². The minimum atomic E-state index is 0.114. The topological polar surface area (TPSA) is 74.2 Å². The van der Waals surface area contributed by atoms with Crippen LogP contribution in [0.25, 0.3) is 0 Å². The Morgan fingerprint density at radius 3 is 3.04 bits per heavy atom. The van der Waals surface area contributed by atoms with Gasteiger partial charge in [0.1, 0.15) is 23.0 Å². The van der Waals surface area contributed by atoms with Gasteiger partial charge in [-0.15, -0.1) is 11.3 Å². The van der Waals surface area contributed by atoms with Crippen LogP contribution in [0.2, 0.25) is 0 Å². The van der Waals surface area contributed by atoms with Crippen molar-refractivity contribution in [1.29, 1.82) is 0 Å². The fraction of sp³-hybridized carbons (Fsp3) is 0.562. The van der Waals surface area contributed by atoms with Crippen LogP contribution >= 0.6 is 11.3 Å². The average Bonchev–Trinajstić information content (AvgIpc) is 3.02. The molecule has 6 nitrogen and oxygen atoms in total. The molecule has 2 aromatic heterocycles. The molecule has 23 heavy (non-hydrogen) atoms. The second kappa shape index (κ2) is 7.23. The molecule has 2 unspecified atom stereocenters. The van der Waals surface area contributed by atoms with Crippen LogP contribution < -0.4 is 10.2 Å². The zero-order valence-electron chi connectivity index (χ0n) is 13.6. The summed E-state index contributed by atoms with van der Waals surface area (Å²) in [5.74, 6) is 2.07. The van der Waals surface area contributed by atoms with Crippen LogP contribution in [0.5, 0.6) is 0 Å². The molecule has 0 aromatic carbocycles. The summed E-state index contributed by atoms with van der Waals surface area (Å²) in [6, 6.07) is 2.10. The summed E-state index contributed by atoms with van der Waals surface area (Å²) in [5, 5.41) is 13.8. The Bertz CT molecular complexity index is 647. The maximum Gasteiger partial charge on any atom is 0.134 e. The lowest BCUT2D eigenvalue weighted by Crippen LogP contribution is -2.37. The first-order valence-corrected chi connectivity index (χ1v) is 8.84. The zero-order valence-corrected chi connectivity index (χ0v) is 14.4. The molecule has 0 bridgehead atoms. The van der Waals surface area contributed by atoms with Gasteiger partial charge in [-0.2, -0.15) is 0 Å². The Hall–Kier alpha value is -1.73. The van der Waals surface area contributed by atoms with Crippen molar-refractivity contribution in [2.24, 2.45) is 5.92 Å². The molecule has 2 aromatic rings. The van der Waals surface area contributed by atoms with Crippen molar-refractivity contribution in [3.05, 3.63) is 28.5 Å². The minimum Gasteiger partial charge on any atom is -0.396 e. The van der Waals surface area contributed by atoms with Gasteiger partial charge in [-0.25, -0.2) is 15.0 Å². The van der Waals surface area contributed by atoms with Crippen LogP contribution in [-0.2, 0) is 0 Å². The highest BCUT2D eigenvalue weighted by molar-refractivity contribution is 7.11. The second-order valence-electron chi connectivity index (χ2n) is 6.07. The van der Waals surface area contributed by atoms with Crippen LogP contribution in [0.1, 0.15) is 35.7 Å². The molecule has 7 heteroatoms. The Balaban J connectivity index is 1.69. The highest BCUT2D eigenvalue weighted by Gasteiger charge is 2.21. The number of hydrogen-bond acceptors (Lipinski definition) is 7. The van der Waals surface area contributed by atoms with Crippen molar-refractivity contribution in [2.45, 2.75) is 32.7 Å². The highest BCUT2D eigenvalue weighted by Crippen LogP contribution is 2.25. The number of thiazole rings is 1. The van der Waals surface area contributed by atoms with E-state index in [0.29, 0.717) is 5.92 Å². The van der Waals surface area contributed by atoms with Crippen LogP contribution in [0.15, 0.2) is 18.6 Å². The fourth-order valence-electron chi connectivity index (χ4n) is 2.88. The Morgan fingerprint density at radius 1 is 1.43 bits per heavy atom. The summed E-state index contributed by atoms with van der Waals surface area (Å²) >= 11 is 1.70. The van der Waals surface area contributed by atoms with Gasteiger partial charge in [-0.1, -0.05) is 0 Å². The van der Waals surface area contributed by atoms with E-state index in [0.717, 1.165) is 42.6 Å². The van der Waals surface area contributed by atoms with E-state index < -0.39 is 0 Å². The molecule has 3 rings (SSSR count). The average molecular weight is 333 g/mol. The predicted octanol–water partition coefficient (Wildman–Crippen LogP) is 2.62. The van der Waals surface area contributed by atoms with E-state index in [-0.39, 0.29) is 12.6 Å². The molecule has 1 fully saturated rings. The summed E-state index contributed by atoms with van der Waals surface area (Å²) in [6.45, 7) is 6.23. The summed E-state index contributed by atoms with van der Waals surface area (Å²) in [6.07, 6.45) is 5.67. The standard InChI is InChI=1S/C16H23N5OS/c1-11-7-17-16(23-11)12(2)20-14-6-15(19-10-18-14)21-5-3-4-13(8-21)9-22/h6-7,10,12-13,22H,3-5,8-9H2,1-2H3,(H,18,19,20). The molecule has 2 N–H and O–H groups in total. The van der Waals surface area contributed by atoms with E-state index in [4.69, 9.17) is 0 Å². The number of piperidine rings is 1. The van der Waals surface area contributed by atoms with Crippen LogP contribution in [0.4, 0.5) is 11.6 Å². The van der Waals surface area contributed by atoms with Gasteiger partial charge in [0.2, 0.25) is 0 Å². The molecule has 1 aliphatic rings. The van der Waals surface area contributed by atoms with Crippen LogP contribution in [0, 0.1) is 12.8 Å². The van der Waals surface area contributed by atoms with Gasteiger partial charge in [0.15, 0.2) is 0 Å². The van der Waals surface area contributed by atoms with Gasteiger partial charge in [0.05, 0.1) is 6.04 Å². The number of nitrogens with zero attached hydrogens (tertiary/aromatic N) is 4. The number of aliphatic hydroxyl groups is 1. The number of aliphatic hydroxyl groups excluding tert-OH is 1. The summed E-state index contributed by atoms with van der Waals surface area (Å²) in [7, 11) is 0. The Labute approximate surface area is 140 Å². The van der Waals surface area contributed by atoms with Crippen molar-refractivity contribution < 1.29 is 5.11 Å². The Morgan fingerprint density at radius 2 is 2.30 bits per heavy atom. The number of rotatable bonds is 5. The van der Waals surface area contributed by atoms with Crippen molar-refractivity contribution in [3.63, 3.8) is 0 Å². The first-order chi connectivity index (χ1) is 11.2. The van der Waals surface area contributed by atoms with E-state index >= 15 is 0 Å². The summed E-state index contributed by atoms with van der Waals surface area (Å²) < 4.78 is 0. The third kappa shape index (κ3) is 3.97. The van der Waals surface area contributed by atoms with Gasteiger partial charge >= 0.3 is 0 Å². The van der Waals surface area contributed by atoms with Gasteiger partial charge in [-0.3, -0.25) is 0 Å². The molecule has 3 heterocycles. The number of aromatic nitrogens is 3. The maximum absolute atomic E-state index is 9.38. The highest BCUT2D eigenvalue weighted by atomic mass is 32.1. The number of aryl methyl sites for hydroxylation is 1. The third-order valence-corrected chi connectivity index (χ3v) is 5.22. The van der Waals surface area contributed by atoms with E-state index in [9.17, 15) is 5.11 Å². The molecule has 0 aliphatic carbocycles. The summed E-state index contributed by atoms with van der Waals surface area (Å²) in [5.41, 5.74) is 0. The van der Waals surface area contributed by atoms with Crippen LogP contribution in [-0.4, -0.2) is 39.8 Å². The molecular formula is C16H23N5OS. The smallest absolute Gasteiger partial charge is 0.134 e. The molecular weight excluding hydrogens is 310 g/mol.